The standard InChI is InChI=1S/C16H14BrNO/c1-12-2-4-13(5-3-12)6-11-16(19)18-15-9-7-14(17)8-10-15/h2-11H,1H3,(H,18,19). The molecule has 0 bridgehead atoms. The Morgan fingerprint density at radius 1 is 1.05 bits per heavy atom. The summed E-state index contributed by atoms with van der Waals surface area (Å²) < 4.78 is 0.987. The van der Waals surface area contributed by atoms with Gasteiger partial charge in [-0.2, -0.15) is 0 Å². The van der Waals surface area contributed by atoms with Gasteiger partial charge >= 0.3 is 0 Å². The van der Waals surface area contributed by atoms with Crippen LogP contribution in [0.4, 0.5) is 5.69 Å². The Balaban J connectivity index is 1.97. The Kier molecular flexibility index (Phi) is 4.53. The highest BCUT2D eigenvalue weighted by atomic mass is 79.9. The van der Waals surface area contributed by atoms with Gasteiger partial charge in [0.25, 0.3) is 0 Å². The van der Waals surface area contributed by atoms with Crippen molar-refractivity contribution >= 4 is 33.6 Å². The molecule has 2 aromatic rings. The molecule has 0 fully saturated rings. The van der Waals surface area contributed by atoms with E-state index in [4.69, 9.17) is 0 Å². The van der Waals surface area contributed by atoms with Crippen molar-refractivity contribution in [3.8, 4) is 0 Å². The summed E-state index contributed by atoms with van der Waals surface area (Å²) >= 11 is 3.35. The molecule has 0 aliphatic carbocycles. The number of hydrogen-bond donors (Lipinski definition) is 1. The van der Waals surface area contributed by atoms with E-state index in [0.717, 1.165) is 15.7 Å². The molecule has 1 amide bonds. The van der Waals surface area contributed by atoms with Gasteiger partial charge in [0.15, 0.2) is 0 Å². The fourth-order valence-electron chi connectivity index (χ4n) is 1.57. The van der Waals surface area contributed by atoms with Gasteiger partial charge in [0.1, 0.15) is 0 Å². The summed E-state index contributed by atoms with van der Waals surface area (Å²) in [5.41, 5.74) is 3.00. The first-order chi connectivity index (χ1) is 9.13. The predicted molar refractivity (Wildman–Crippen MR) is 83.0 cm³/mol. The Bertz CT molecular complexity index is 585. The van der Waals surface area contributed by atoms with E-state index in [1.807, 2.05) is 55.5 Å². The Morgan fingerprint density at radius 2 is 1.68 bits per heavy atom. The van der Waals surface area contributed by atoms with Crippen LogP contribution in [0.1, 0.15) is 11.1 Å². The van der Waals surface area contributed by atoms with Gasteiger partial charge in [-0.1, -0.05) is 45.8 Å². The third kappa shape index (κ3) is 4.38. The van der Waals surface area contributed by atoms with Crippen molar-refractivity contribution < 1.29 is 4.79 Å². The molecular formula is C16H14BrNO. The van der Waals surface area contributed by atoms with Crippen molar-refractivity contribution in [2.75, 3.05) is 5.32 Å². The van der Waals surface area contributed by atoms with E-state index in [0.29, 0.717) is 0 Å². The molecule has 3 heteroatoms. The summed E-state index contributed by atoms with van der Waals surface area (Å²) in [4.78, 5) is 11.7. The van der Waals surface area contributed by atoms with E-state index in [9.17, 15) is 4.79 Å². The maximum absolute atomic E-state index is 11.7. The van der Waals surface area contributed by atoms with Crippen LogP contribution >= 0.6 is 15.9 Å². The molecule has 0 spiro atoms. The highest BCUT2D eigenvalue weighted by Gasteiger charge is 1.97. The zero-order valence-corrected chi connectivity index (χ0v) is 12.1. The van der Waals surface area contributed by atoms with Crippen molar-refractivity contribution in [1.29, 1.82) is 0 Å². The van der Waals surface area contributed by atoms with E-state index >= 15 is 0 Å². The molecule has 2 rings (SSSR count). The van der Waals surface area contributed by atoms with Gasteiger partial charge in [-0.3, -0.25) is 4.79 Å². The number of carbonyl (C=O) groups excluding carboxylic acids is 1. The highest BCUT2D eigenvalue weighted by Crippen LogP contribution is 2.14. The van der Waals surface area contributed by atoms with Crippen LogP contribution in [-0.2, 0) is 4.79 Å². The topological polar surface area (TPSA) is 29.1 Å². The molecule has 0 aliphatic heterocycles. The molecule has 0 radical (unpaired) electrons. The second-order valence-corrected chi connectivity index (χ2v) is 5.16. The fraction of sp³-hybridized carbons (Fsp3) is 0.0625. The predicted octanol–water partition coefficient (Wildman–Crippen LogP) is 4.41. The second-order valence-electron chi connectivity index (χ2n) is 4.24. The number of nitrogens with one attached hydrogen (secondary N) is 1. The average Bonchev–Trinajstić information content (AvgIpc) is 2.41. The summed E-state index contributed by atoms with van der Waals surface area (Å²) in [5.74, 6) is -0.136. The first-order valence-corrected chi connectivity index (χ1v) is 6.74. The molecule has 2 nitrogen and oxygen atoms in total. The van der Waals surface area contributed by atoms with E-state index in [1.165, 1.54) is 11.6 Å². The summed E-state index contributed by atoms with van der Waals surface area (Å²) in [6.07, 6.45) is 3.33. The Hall–Kier alpha value is -1.87. The van der Waals surface area contributed by atoms with Gasteiger partial charge in [-0.25, -0.2) is 0 Å². The number of aryl methyl sites for hydroxylation is 1. The SMILES string of the molecule is Cc1ccc(C=CC(=O)Nc2ccc(Br)cc2)cc1. The van der Waals surface area contributed by atoms with Crippen molar-refractivity contribution in [1.82, 2.24) is 0 Å². The quantitative estimate of drug-likeness (QED) is 0.835. The van der Waals surface area contributed by atoms with Crippen LogP contribution in [0.15, 0.2) is 59.1 Å². The number of carbonyl (C=O) groups is 1. The van der Waals surface area contributed by atoms with Crippen LogP contribution in [0.5, 0.6) is 0 Å². The number of anilines is 1. The van der Waals surface area contributed by atoms with Gasteiger partial charge < -0.3 is 5.32 Å². The molecule has 1 N–H and O–H groups in total. The Morgan fingerprint density at radius 3 is 2.32 bits per heavy atom. The van der Waals surface area contributed by atoms with Crippen LogP contribution in [0.3, 0.4) is 0 Å². The Labute approximate surface area is 121 Å². The monoisotopic (exact) mass is 315 g/mol. The van der Waals surface area contributed by atoms with Crippen molar-refractivity contribution in [2.45, 2.75) is 6.92 Å². The highest BCUT2D eigenvalue weighted by molar-refractivity contribution is 9.10. The third-order valence-electron chi connectivity index (χ3n) is 2.62. The second kappa shape index (κ2) is 6.34. The third-order valence-corrected chi connectivity index (χ3v) is 3.14. The molecule has 0 saturated heterocycles. The minimum Gasteiger partial charge on any atom is -0.323 e. The molecule has 0 heterocycles. The van der Waals surface area contributed by atoms with Gasteiger partial charge in [-0.15, -0.1) is 0 Å². The van der Waals surface area contributed by atoms with Crippen molar-refractivity contribution in [3.63, 3.8) is 0 Å². The largest absolute Gasteiger partial charge is 0.323 e. The minimum absolute atomic E-state index is 0.136. The molecule has 0 atom stereocenters. The summed E-state index contributed by atoms with van der Waals surface area (Å²) in [7, 11) is 0. The molecular weight excluding hydrogens is 302 g/mol. The zero-order chi connectivity index (χ0) is 13.7. The summed E-state index contributed by atoms with van der Waals surface area (Å²) in [6.45, 7) is 2.04. The molecule has 0 aromatic heterocycles. The van der Waals surface area contributed by atoms with Crippen LogP contribution < -0.4 is 5.32 Å². The van der Waals surface area contributed by atoms with Gasteiger partial charge in [0, 0.05) is 16.2 Å². The molecule has 96 valence electrons. The zero-order valence-electron chi connectivity index (χ0n) is 10.6. The lowest BCUT2D eigenvalue weighted by Gasteiger charge is -2.01. The summed E-state index contributed by atoms with van der Waals surface area (Å²) in [5, 5.41) is 2.80. The van der Waals surface area contributed by atoms with Crippen LogP contribution in [0, 0.1) is 6.92 Å². The van der Waals surface area contributed by atoms with Gasteiger partial charge in [0.2, 0.25) is 5.91 Å². The number of halogens is 1. The van der Waals surface area contributed by atoms with Crippen LogP contribution in [0.2, 0.25) is 0 Å². The molecule has 0 saturated carbocycles. The summed E-state index contributed by atoms with van der Waals surface area (Å²) in [6, 6.07) is 15.5. The lowest BCUT2D eigenvalue weighted by Crippen LogP contribution is -2.07. The van der Waals surface area contributed by atoms with Crippen molar-refractivity contribution in [3.05, 3.63) is 70.2 Å². The molecule has 19 heavy (non-hydrogen) atoms. The van der Waals surface area contributed by atoms with Gasteiger partial charge in [0.05, 0.1) is 0 Å². The number of rotatable bonds is 3. The van der Waals surface area contributed by atoms with E-state index in [2.05, 4.69) is 21.2 Å². The lowest BCUT2D eigenvalue weighted by molar-refractivity contribution is -0.111. The van der Waals surface area contributed by atoms with E-state index in [-0.39, 0.29) is 5.91 Å². The van der Waals surface area contributed by atoms with Crippen molar-refractivity contribution in [2.24, 2.45) is 0 Å². The van der Waals surface area contributed by atoms with Crippen LogP contribution in [0.25, 0.3) is 6.08 Å². The van der Waals surface area contributed by atoms with E-state index < -0.39 is 0 Å². The number of hydrogen-bond acceptors (Lipinski definition) is 1. The molecule has 0 aliphatic rings. The normalized spacial score (nSPS) is 10.6. The smallest absolute Gasteiger partial charge is 0.248 e. The number of benzene rings is 2. The van der Waals surface area contributed by atoms with Crippen LogP contribution in [-0.4, -0.2) is 5.91 Å². The maximum Gasteiger partial charge on any atom is 0.248 e. The fourth-order valence-corrected chi connectivity index (χ4v) is 1.83. The molecule has 0 unspecified atom stereocenters. The maximum atomic E-state index is 11.7. The minimum atomic E-state index is -0.136. The average molecular weight is 316 g/mol. The first kappa shape index (κ1) is 13.6. The number of amides is 1. The first-order valence-electron chi connectivity index (χ1n) is 5.95. The molecule has 2 aromatic carbocycles. The van der Waals surface area contributed by atoms with Gasteiger partial charge in [-0.05, 0) is 42.8 Å². The van der Waals surface area contributed by atoms with E-state index in [1.54, 1.807) is 6.08 Å². The lowest BCUT2D eigenvalue weighted by atomic mass is 10.1.